The Labute approximate surface area is 195 Å². The standard InChI is InChI=1S/C22H23N3O8S/c1-22(2,3)33-21(28)24-13-14(15-8-4-5-9-17(15)24)12-16(20(26)27)23-34(31,32)19-11-7-6-10-18(19)25(29)30/h4-11,13,16,23H,12H2,1-3H3,(H,26,27)/t16-/m0/s1. The summed E-state index contributed by atoms with van der Waals surface area (Å²) in [5, 5.41) is 21.5. The van der Waals surface area contributed by atoms with Crippen LogP contribution in [0.4, 0.5) is 10.5 Å². The van der Waals surface area contributed by atoms with Gasteiger partial charge in [-0.05, 0) is 38.5 Å². The zero-order chi connectivity index (χ0) is 25.3. The molecular formula is C22H23N3O8S. The Hall–Kier alpha value is -3.77. The fourth-order valence-corrected chi connectivity index (χ4v) is 4.72. The molecular weight excluding hydrogens is 466 g/mol. The van der Waals surface area contributed by atoms with Crippen LogP contribution in [0.5, 0.6) is 0 Å². The van der Waals surface area contributed by atoms with Gasteiger partial charge < -0.3 is 9.84 Å². The first-order chi connectivity index (χ1) is 15.8. The fraction of sp³-hybridized carbons (Fsp3) is 0.273. The van der Waals surface area contributed by atoms with E-state index < -0.39 is 49.2 Å². The number of benzene rings is 2. The van der Waals surface area contributed by atoms with Gasteiger partial charge in [0, 0.05) is 24.1 Å². The van der Waals surface area contributed by atoms with Gasteiger partial charge in [0.25, 0.3) is 5.69 Å². The lowest BCUT2D eigenvalue weighted by Crippen LogP contribution is -2.42. The molecule has 2 aromatic carbocycles. The third kappa shape index (κ3) is 5.41. The minimum atomic E-state index is -4.56. The van der Waals surface area contributed by atoms with Gasteiger partial charge in [-0.2, -0.15) is 4.72 Å². The van der Waals surface area contributed by atoms with Crippen LogP contribution in [-0.2, 0) is 26.0 Å². The molecule has 2 N–H and O–H groups in total. The Kier molecular flexibility index (Phi) is 6.75. The predicted molar refractivity (Wildman–Crippen MR) is 122 cm³/mol. The minimum Gasteiger partial charge on any atom is -0.480 e. The topological polar surface area (TPSA) is 158 Å². The number of carbonyl (C=O) groups excluding carboxylic acids is 1. The normalized spacial score (nSPS) is 12.9. The summed E-state index contributed by atoms with van der Waals surface area (Å²) < 4.78 is 34.3. The van der Waals surface area contributed by atoms with Gasteiger partial charge >= 0.3 is 12.1 Å². The lowest BCUT2D eigenvalue weighted by molar-refractivity contribution is -0.387. The lowest BCUT2D eigenvalue weighted by atomic mass is 10.1. The van der Waals surface area contributed by atoms with Crippen molar-refractivity contribution in [2.24, 2.45) is 0 Å². The number of fused-ring (bicyclic) bond motifs is 1. The predicted octanol–water partition coefficient (Wildman–Crippen LogP) is 3.31. The number of nitrogens with one attached hydrogen (secondary N) is 1. The van der Waals surface area contributed by atoms with Gasteiger partial charge in [0.05, 0.1) is 10.4 Å². The molecule has 0 aliphatic rings. The number of hydrogen-bond donors (Lipinski definition) is 2. The Morgan fingerprint density at radius 2 is 1.76 bits per heavy atom. The van der Waals surface area contributed by atoms with Crippen molar-refractivity contribution in [3.8, 4) is 0 Å². The fourth-order valence-electron chi connectivity index (χ4n) is 3.36. The number of sulfonamides is 1. The SMILES string of the molecule is CC(C)(C)OC(=O)n1cc(C[C@H](NS(=O)(=O)c2ccccc2[N+](=O)[O-])C(=O)O)c2ccccc21. The summed E-state index contributed by atoms with van der Waals surface area (Å²) in [5.74, 6) is -1.49. The van der Waals surface area contributed by atoms with Crippen LogP contribution in [0.2, 0.25) is 0 Å². The molecule has 34 heavy (non-hydrogen) atoms. The molecule has 1 heterocycles. The monoisotopic (exact) mass is 489 g/mol. The van der Waals surface area contributed by atoms with Crippen molar-refractivity contribution in [3.05, 3.63) is 70.4 Å². The number of nitro benzene ring substituents is 1. The van der Waals surface area contributed by atoms with Crippen molar-refractivity contribution >= 4 is 38.7 Å². The average Bonchev–Trinajstić information content (AvgIpc) is 3.10. The third-order valence-electron chi connectivity index (χ3n) is 4.76. The number of nitro groups is 1. The number of ether oxygens (including phenoxy) is 1. The number of carbonyl (C=O) groups is 2. The molecule has 11 nitrogen and oxygen atoms in total. The van der Waals surface area contributed by atoms with Crippen molar-refractivity contribution in [2.75, 3.05) is 0 Å². The Balaban J connectivity index is 1.99. The maximum Gasteiger partial charge on any atom is 0.419 e. The number of aromatic nitrogens is 1. The summed E-state index contributed by atoms with van der Waals surface area (Å²) in [4.78, 5) is 34.3. The van der Waals surface area contributed by atoms with Crippen LogP contribution < -0.4 is 4.72 Å². The van der Waals surface area contributed by atoms with E-state index in [9.17, 15) is 33.2 Å². The van der Waals surface area contributed by atoms with Crippen LogP contribution in [-0.4, -0.2) is 46.7 Å². The molecule has 1 aromatic heterocycles. The van der Waals surface area contributed by atoms with E-state index in [1.54, 1.807) is 45.0 Å². The van der Waals surface area contributed by atoms with Crippen molar-refractivity contribution in [3.63, 3.8) is 0 Å². The van der Waals surface area contributed by atoms with Gasteiger partial charge in [0.2, 0.25) is 10.0 Å². The second-order valence-electron chi connectivity index (χ2n) is 8.46. The molecule has 0 saturated heterocycles. The van der Waals surface area contributed by atoms with E-state index in [1.165, 1.54) is 22.9 Å². The Morgan fingerprint density at radius 1 is 1.15 bits per heavy atom. The van der Waals surface area contributed by atoms with Crippen molar-refractivity contribution in [1.82, 2.24) is 9.29 Å². The molecule has 0 fully saturated rings. The Bertz CT molecular complexity index is 1370. The summed E-state index contributed by atoms with van der Waals surface area (Å²) in [6.07, 6.45) is 0.390. The lowest BCUT2D eigenvalue weighted by Gasteiger charge is -2.19. The molecule has 1 atom stereocenters. The van der Waals surface area contributed by atoms with Crippen LogP contribution in [0.1, 0.15) is 26.3 Å². The molecule has 3 rings (SSSR count). The molecule has 0 unspecified atom stereocenters. The highest BCUT2D eigenvalue weighted by molar-refractivity contribution is 7.89. The van der Waals surface area contributed by atoms with Crippen molar-refractivity contribution in [1.29, 1.82) is 0 Å². The summed E-state index contributed by atoms with van der Waals surface area (Å²) in [6, 6.07) is 9.67. The first kappa shape index (κ1) is 24.9. The smallest absolute Gasteiger partial charge is 0.419 e. The Morgan fingerprint density at radius 3 is 2.38 bits per heavy atom. The van der Waals surface area contributed by atoms with Gasteiger partial charge in [-0.1, -0.05) is 30.3 Å². The number of rotatable bonds is 7. The molecule has 180 valence electrons. The van der Waals surface area contributed by atoms with Crippen molar-refractivity contribution in [2.45, 2.75) is 43.7 Å². The molecule has 0 bridgehead atoms. The van der Waals surface area contributed by atoms with E-state index >= 15 is 0 Å². The molecule has 0 radical (unpaired) electrons. The summed E-state index contributed by atoms with van der Waals surface area (Å²) in [5.41, 5.74) is -0.621. The third-order valence-corrected chi connectivity index (χ3v) is 6.27. The van der Waals surface area contributed by atoms with Crippen LogP contribution >= 0.6 is 0 Å². The maximum absolute atomic E-state index is 12.8. The molecule has 0 aliphatic carbocycles. The maximum atomic E-state index is 12.8. The van der Waals surface area contributed by atoms with E-state index in [-0.39, 0.29) is 6.42 Å². The van der Waals surface area contributed by atoms with E-state index in [4.69, 9.17) is 4.74 Å². The largest absolute Gasteiger partial charge is 0.480 e. The number of hydrogen-bond acceptors (Lipinski definition) is 7. The van der Waals surface area contributed by atoms with Gasteiger partial charge in [-0.25, -0.2) is 13.2 Å². The van der Waals surface area contributed by atoms with Gasteiger partial charge in [-0.15, -0.1) is 0 Å². The van der Waals surface area contributed by atoms with E-state index in [1.807, 2.05) is 4.72 Å². The molecule has 0 amide bonds. The number of carboxylic acid groups (broad SMARTS) is 1. The van der Waals surface area contributed by atoms with Crippen LogP contribution in [0.25, 0.3) is 10.9 Å². The van der Waals surface area contributed by atoms with Gasteiger partial charge in [0.1, 0.15) is 11.6 Å². The quantitative estimate of drug-likeness (QED) is 0.378. The number of carboxylic acids is 1. The molecule has 3 aromatic rings. The zero-order valence-corrected chi connectivity index (χ0v) is 19.4. The molecule has 0 saturated carbocycles. The molecule has 0 spiro atoms. The summed E-state index contributed by atoms with van der Waals surface area (Å²) >= 11 is 0. The van der Waals surface area contributed by atoms with Crippen LogP contribution in [0.3, 0.4) is 0 Å². The van der Waals surface area contributed by atoms with Gasteiger partial charge in [0.15, 0.2) is 4.90 Å². The second kappa shape index (κ2) is 9.23. The minimum absolute atomic E-state index is 0.328. The summed E-state index contributed by atoms with van der Waals surface area (Å²) in [7, 11) is -4.56. The second-order valence-corrected chi connectivity index (χ2v) is 10.1. The zero-order valence-electron chi connectivity index (χ0n) is 18.6. The van der Waals surface area contributed by atoms with Crippen LogP contribution in [0, 0.1) is 10.1 Å². The van der Waals surface area contributed by atoms with E-state index in [0.717, 1.165) is 12.1 Å². The first-order valence-electron chi connectivity index (χ1n) is 10.1. The molecule has 12 heteroatoms. The first-order valence-corrected chi connectivity index (χ1v) is 11.6. The highest BCUT2D eigenvalue weighted by Crippen LogP contribution is 2.26. The van der Waals surface area contributed by atoms with Crippen molar-refractivity contribution < 1.29 is 32.8 Å². The highest BCUT2D eigenvalue weighted by Gasteiger charge is 2.31. The van der Waals surface area contributed by atoms with E-state index in [0.29, 0.717) is 16.5 Å². The number of nitrogens with zero attached hydrogens (tertiary/aromatic N) is 2. The number of aliphatic carboxylic acids is 1. The van der Waals surface area contributed by atoms with Gasteiger partial charge in [-0.3, -0.25) is 19.5 Å². The summed E-state index contributed by atoms with van der Waals surface area (Å²) in [6.45, 7) is 5.11. The molecule has 0 aliphatic heterocycles. The average molecular weight is 490 g/mol. The highest BCUT2D eigenvalue weighted by atomic mass is 32.2. The van der Waals surface area contributed by atoms with E-state index in [2.05, 4.69) is 0 Å². The van der Waals surface area contributed by atoms with Crippen LogP contribution in [0.15, 0.2) is 59.6 Å². The number of para-hydroxylation sites is 2.